The second-order valence-corrected chi connectivity index (χ2v) is 4.22. The second kappa shape index (κ2) is 5.43. The smallest absolute Gasteiger partial charge is 0.153 e. The third-order valence-electron chi connectivity index (χ3n) is 2.92. The van der Waals surface area contributed by atoms with E-state index >= 15 is 0 Å². The summed E-state index contributed by atoms with van der Waals surface area (Å²) in [5, 5.41) is 7.89. The maximum absolute atomic E-state index is 7.89. The van der Waals surface area contributed by atoms with Crippen molar-refractivity contribution < 1.29 is 0 Å². The number of benzene rings is 1. The highest BCUT2D eigenvalue weighted by Gasteiger charge is 2.13. The molecule has 3 nitrogen and oxygen atoms in total. The Kier molecular flexibility index (Phi) is 3.70. The Balaban J connectivity index is 2.11. The molecular weight excluding hydrogens is 210 g/mol. The molecule has 1 aromatic rings. The van der Waals surface area contributed by atoms with Gasteiger partial charge in [-0.1, -0.05) is 42.5 Å². The van der Waals surface area contributed by atoms with Crippen molar-refractivity contribution in [2.24, 2.45) is 16.6 Å². The van der Waals surface area contributed by atoms with Crippen LogP contribution in [0.15, 0.2) is 47.5 Å². The molecular formula is C14H17N3. The summed E-state index contributed by atoms with van der Waals surface area (Å²) in [5.74, 6) is 0.990. The molecule has 0 bridgehead atoms. The van der Waals surface area contributed by atoms with Crippen molar-refractivity contribution in [3.63, 3.8) is 0 Å². The van der Waals surface area contributed by atoms with Crippen molar-refractivity contribution in [3.05, 3.63) is 48.0 Å². The van der Waals surface area contributed by atoms with Gasteiger partial charge in [0.15, 0.2) is 5.84 Å². The minimum Gasteiger partial charge on any atom is -0.387 e. The highest BCUT2D eigenvalue weighted by Crippen LogP contribution is 2.17. The Morgan fingerprint density at radius 1 is 1.29 bits per heavy atom. The molecule has 0 saturated heterocycles. The summed E-state index contributed by atoms with van der Waals surface area (Å²) >= 11 is 0. The Labute approximate surface area is 102 Å². The molecule has 1 aliphatic rings. The maximum Gasteiger partial charge on any atom is 0.153 e. The summed E-state index contributed by atoms with van der Waals surface area (Å²) in [4.78, 5) is 4.20. The van der Waals surface area contributed by atoms with Crippen LogP contribution in [0.25, 0.3) is 0 Å². The summed E-state index contributed by atoms with van der Waals surface area (Å²) in [6.07, 6.45) is 7.55. The third-order valence-corrected chi connectivity index (χ3v) is 2.92. The highest BCUT2D eigenvalue weighted by atomic mass is 14.9. The van der Waals surface area contributed by atoms with Gasteiger partial charge in [0.25, 0.3) is 0 Å². The molecule has 1 atom stereocenters. The number of amidine groups is 2. The van der Waals surface area contributed by atoms with E-state index in [1.807, 2.05) is 30.3 Å². The van der Waals surface area contributed by atoms with Crippen molar-refractivity contribution >= 4 is 11.7 Å². The van der Waals surface area contributed by atoms with Crippen molar-refractivity contribution in [1.82, 2.24) is 0 Å². The molecule has 3 N–H and O–H groups in total. The van der Waals surface area contributed by atoms with Gasteiger partial charge in [-0.3, -0.25) is 5.41 Å². The van der Waals surface area contributed by atoms with Crippen LogP contribution >= 0.6 is 0 Å². The molecule has 1 aromatic carbocycles. The van der Waals surface area contributed by atoms with Crippen LogP contribution in [0.1, 0.15) is 24.8 Å². The van der Waals surface area contributed by atoms with Gasteiger partial charge < -0.3 is 5.73 Å². The predicted molar refractivity (Wildman–Crippen MR) is 71.4 cm³/mol. The molecule has 1 unspecified atom stereocenters. The third kappa shape index (κ3) is 3.03. The fourth-order valence-electron chi connectivity index (χ4n) is 1.93. The largest absolute Gasteiger partial charge is 0.387 e. The average molecular weight is 227 g/mol. The first-order valence-corrected chi connectivity index (χ1v) is 5.92. The van der Waals surface area contributed by atoms with Crippen molar-refractivity contribution in [2.45, 2.75) is 19.3 Å². The van der Waals surface area contributed by atoms with Crippen molar-refractivity contribution in [3.8, 4) is 0 Å². The van der Waals surface area contributed by atoms with Crippen LogP contribution in [0.5, 0.6) is 0 Å². The first kappa shape index (κ1) is 11.6. The zero-order valence-electron chi connectivity index (χ0n) is 9.76. The Bertz CT molecular complexity index is 446. The average Bonchev–Trinajstić information content (AvgIpc) is 2.40. The van der Waals surface area contributed by atoms with Gasteiger partial charge in [-0.2, -0.15) is 0 Å². The van der Waals surface area contributed by atoms with Gasteiger partial charge in [0, 0.05) is 11.5 Å². The van der Waals surface area contributed by atoms with Gasteiger partial charge in [-0.05, 0) is 19.3 Å². The molecule has 0 aromatic heterocycles. The highest BCUT2D eigenvalue weighted by molar-refractivity contribution is 6.05. The summed E-state index contributed by atoms with van der Waals surface area (Å²) in [6.45, 7) is 0. The lowest BCUT2D eigenvalue weighted by atomic mass is 9.95. The minimum atomic E-state index is 0.202. The fraction of sp³-hybridized carbons (Fsp3) is 0.286. The van der Waals surface area contributed by atoms with Crippen LogP contribution < -0.4 is 5.73 Å². The van der Waals surface area contributed by atoms with Gasteiger partial charge in [-0.25, -0.2) is 4.99 Å². The topological polar surface area (TPSA) is 62.2 Å². The van der Waals surface area contributed by atoms with E-state index in [0.29, 0.717) is 5.84 Å². The SMILES string of the molecule is N=C(N=C(N)C1C=CCCC1)c1ccccc1. The first-order valence-electron chi connectivity index (χ1n) is 5.92. The molecule has 0 radical (unpaired) electrons. The summed E-state index contributed by atoms with van der Waals surface area (Å²) in [7, 11) is 0. The molecule has 0 spiro atoms. The quantitative estimate of drug-likeness (QED) is 0.455. The van der Waals surface area contributed by atoms with Gasteiger partial charge in [0.2, 0.25) is 0 Å². The maximum atomic E-state index is 7.89. The van der Waals surface area contributed by atoms with Gasteiger partial charge in [0.05, 0.1) is 0 Å². The van der Waals surface area contributed by atoms with Crippen LogP contribution in [0, 0.1) is 11.3 Å². The van der Waals surface area contributed by atoms with Crippen LogP contribution in [-0.4, -0.2) is 11.7 Å². The molecule has 1 aliphatic carbocycles. The van der Waals surface area contributed by atoms with Gasteiger partial charge >= 0.3 is 0 Å². The lowest BCUT2D eigenvalue weighted by Gasteiger charge is -2.15. The normalized spacial score (nSPS) is 20.2. The zero-order valence-corrected chi connectivity index (χ0v) is 9.76. The van der Waals surface area contributed by atoms with Crippen molar-refractivity contribution in [2.75, 3.05) is 0 Å². The Morgan fingerprint density at radius 2 is 2.06 bits per heavy atom. The zero-order chi connectivity index (χ0) is 12.1. The predicted octanol–water partition coefficient (Wildman–Crippen LogP) is 2.73. The lowest BCUT2D eigenvalue weighted by Crippen LogP contribution is -2.24. The number of rotatable bonds is 2. The molecule has 0 saturated carbocycles. The first-order chi connectivity index (χ1) is 8.27. The van der Waals surface area contributed by atoms with E-state index < -0.39 is 0 Å². The number of hydrogen-bond donors (Lipinski definition) is 2. The molecule has 3 heteroatoms. The van der Waals surface area contributed by atoms with Crippen LogP contribution in [-0.2, 0) is 0 Å². The van der Waals surface area contributed by atoms with Crippen molar-refractivity contribution in [1.29, 1.82) is 5.41 Å². The molecule has 0 amide bonds. The molecule has 0 heterocycles. The van der Waals surface area contributed by atoms with E-state index in [1.165, 1.54) is 0 Å². The van der Waals surface area contributed by atoms with Crippen LogP contribution in [0.3, 0.4) is 0 Å². The molecule has 0 fully saturated rings. The van der Waals surface area contributed by atoms with E-state index in [9.17, 15) is 0 Å². The Morgan fingerprint density at radius 3 is 2.71 bits per heavy atom. The standard InChI is InChI=1S/C14H17N3/c15-13(11-7-3-1-4-8-11)17-14(16)12-9-5-2-6-10-12/h1,3-5,7-9,12H,2,6,10H2,(H3,15,16,17). The van der Waals surface area contributed by atoms with E-state index in [-0.39, 0.29) is 11.8 Å². The molecule has 2 rings (SSSR count). The van der Waals surface area contributed by atoms with Gasteiger partial charge in [-0.15, -0.1) is 0 Å². The van der Waals surface area contributed by atoms with E-state index in [1.54, 1.807) is 0 Å². The summed E-state index contributed by atoms with van der Waals surface area (Å²) in [5.41, 5.74) is 6.75. The summed E-state index contributed by atoms with van der Waals surface area (Å²) < 4.78 is 0. The monoisotopic (exact) mass is 227 g/mol. The molecule has 0 aliphatic heterocycles. The van der Waals surface area contributed by atoms with E-state index in [2.05, 4.69) is 17.1 Å². The number of allylic oxidation sites excluding steroid dienone is 1. The van der Waals surface area contributed by atoms with Crippen LogP contribution in [0.4, 0.5) is 0 Å². The molecule has 17 heavy (non-hydrogen) atoms. The molecule has 88 valence electrons. The number of hydrogen-bond acceptors (Lipinski definition) is 1. The number of nitrogens with two attached hydrogens (primary N) is 1. The second-order valence-electron chi connectivity index (χ2n) is 4.22. The van der Waals surface area contributed by atoms with Gasteiger partial charge in [0.1, 0.15) is 5.84 Å². The fourth-order valence-corrected chi connectivity index (χ4v) is 1.93. The number of nitrogens with zero attached hydrogens (tertiary/aromatic N) is 1. The van der Waals surface area contributed by atoms with Crippen LogP contribution in [0.2, 0.25) is 0 Å². The minimum absolute atomic E-state index is 0.202. The van der Waals surface area contributed by atoms with E-state index in [0.717, 1.165) is 24.8 Å². The number of aliphatic imine (C=N–C) groups is 1. The Hall–Kier alpha value is -1.90. The number of nitrogens with one attached hydrogen (secondary N) is 1. The summed E-state index contributed by atoms with van der Waals surface area (Å²) in [6, 6.07) is 9.46. The lowest BCUT2D eigenvalue weighted by molar-refractivity contribution is 0.652. The van der Waals surface area contributed by atoms with E-state index in [4.69, 9.17) is 11.1 Å².